The molecule has 0 unspecified atom stereocenters. The van der Waals surface area contributed by atoms with Crippen LogP contribution in [0.4, 0.5) is 0 Å². The van der Waals surface area contributed by atoms with Crippen molar-refractivity contribution in [1.29, 1.82) is 0 Å². The van der Waals surface area contributed by atoms with E-state index in [1.54, 1.807) is 0 Å². The predicted molar refractivity (Wildman–Crippen MR) is 29.8 cm³/mol. The largest absolute Gasteiger partial charge is 2.00 e. The summed E-state index contributed by atoms with van der Waals surface area (Å²) in [5, 5.41) is 0. The smallest absolute Gasteiger partial charge is 0.865 e. The number of hydrogen-bond acceptors (Lipinski definition) is 3. The van der Waals surface area contributed by atoms with Crippen LogP contribution in [0.2, 0.25) is 0 Å². The first-order valence-corrected chi connectivity index (χ1v) is 3.67. The summed E-state index contributed by atoms with van der Waals surface area (Å²) in [7, 11) is 0.167. The fraction of sp³-hybridized carbons (Fsp3) is 0. The third-order valence-electron chi connectivity index (χ3n) is 0. The molecule has 0 aliphatic carbocycles. The van der Waals surface area contributed by atoms with Gasteiger partial charge in [-0.2, -0.15) is 0 Å². The van der Waals surface area contributed by atoms with E-state index in [0.717, 1.165) is 0 Å². The maximum atomic E-state index is 8.39. The molecular formula is H9NaNiO3Si3. The van der Waals surface area contributed by atoms with Crippen molar-refractivity contribution in [1.82, 2.24) is 0 Å². The van der Waals surface area contributed by atoms with Gasteiger partial charge in [0.2, 0.25) is 0 Å². The minimum Gasteiger partial charge on any atom is -0.865 e. The van der Waals surface area contributed by atoms with Gasteiger partial charge < -0.3 is 14.4 Å². The number of hydrogen-bond donors (Lipinski definition) is 0. The van der Waals surface area contributed by atoms with Crippen molar-refractivity contribution < 1.29 is 60.4 Å². The van der Waals surface area contributed by atoms with Gasteiger partial charge in [-0.15, -0.1) is 0 Å². The van der Waals surface area contributed by atoms with Crippen molar-refractivity contribution in [2.75, 3.05) is 0 Å². The van der Waals surface area contributed by atoms with Crippen molar-refractivity contribution >= 4 is 31.5 Å². The minimum atomic E-state index is 0. The van der Waals surface area contributed by atoms with E-state index >= 15 is 0 Å². The molecule has 0 rings (SSSR count). The van der Waals surface area contributed by atoms with Crippen LogP contribution >= 0.6 is 0 Å². The molecule has 0 amide bonds. The molecule has 8 heteroatoms. The zero-order valence-corrected chi connectivity index (χ0v) is 14.5. The zero-order valence-electron chi connectivity index (χ0n) is 5.54. The van der Waals surface area contributed by atoms with E-state index in [2.05, 4.69) is 0 Å². The van der Waals surface area contributed by atoms with Crippen molar-refractivity contribution in [3.05, 3.63) is 0 Å². The van der Waals surface area contributed by atoms with Gasteiger partial charge >= 0.3 is 46.0 Å². The first-order chi connectivity index (χ1) is 3.00. The summed E-state index contributed by atoms with van der Waals surface area (Å²) in [5.74, 6) is 0. The zero-order chi connectivity index (χ0) is 6.00. The molecule has 50 valence electrons. The van der Waals surface area contributed by atoms with Crippen LogP contribution in [-0.4, -0.2) is 31.5 Å². The minimum absolute atomic E-state index is 0. The predicted octanol–water partition coefficient (Wildman–Crippen LogP) is -10.1. The van der Waals surface area contributed by atoms with E-state index in [-0.39, 0.29) is 77.5 Å². The van der Waals surface area contributed by atoms with Crippen LogP contribution in [0.5, 0.6) is 0 Å². The summed E-state index contributed by atoms with van der Waals surface area (Å²) in [6.45, 7) is 0. The molecule has 0 fully saturated rings. The molecule has 0 bridgehead atoms. The third-order valence-corrected chi connectivity index (χ3v) is 0. The molecule has 0 aromatic carbocycles. The molecular weight excluding hydrogens is 214 g/mol. The quantitative estimate of drug-likeness (QED) is 0.383. The van der Waals surface area contributed by atoms with Gasteiger partial charge in [0.25, 0.3) is 0 Å². The van der Waals surface area contributed by atoms with Crippen molar-refractivity contribution in [2.45, 2.75) is 0 Å². The summed E-state index contributed by atoms with van der Waals surface area (Å²) in [6.07, 6.45) is 0. The van der Waals surface area contributed by atoms with E-state index in [9.17, 15) is 0 Å². The second kappa shape index (κ2) is 142. The summed E-state index contributed by atoms with van der Waals surface area (Å²) < 4.78 is 0. The van der Waals surface area contributed by atoms with Crippen LogP contribution < -0.4 is 43.9 Å². The second-order valence-corrected chi connectivity index (χ2v) is 0. The average Bonchev–Trinajstić information content (AvgIpc) is 1.81. The van der Waals surface area contributed by atoms with E-state index in [1.165, 1.54) is 0 Å². The molecule has 0 aliphatic heterocycles. The Kier molecular flexibility index (Phi) is 573. The molecule has 0 spiro atoms. The van der Waals surface area contributed by atoms with Crippen LogP contribution in [-0.2, 0) is 16.5 Å². The monoisotopic (exact) mass is 222 g/mol. The van der Waals surface area contributed by atoms with E-state index in [1.807, 2.05) is 0 Å². The Morgan fingerprint density at radius 2 is 0.625 bits per heavy atom. The molecule has 8 heavy (non-hydrogen) atoms. The Morgan fingerprint density at radius 1 is 0.625 bits per heavy atom. The van der Waals surface area contributed by atoms with Gasteiger partial charge in [0.1, 0.15) is 0 Å². The van der Waals surface area contributed by atoms with Gasteiger partial charge in [0.05, 0.1) is 0 Å². The van der Waals surface area contributed by atoms with Gasteiger partial charge in [-0.1, -0.05) is 31.5 Å². The first-order valence-electron chi connectivity index (χ1n) is 1.22. The summed E-state index contributed by atoms with van der Waals surface area (Å²) in [4.78, 5) is 25.2. The number of rotatable bonds is 0. The average molecular weight is 223 g/mol. The maximum Gasteiger partial charge on any atom is 2.00 e. The molecule has 0 aromatic heterocycles. The molecule has 0 radical (unpaired) electrons. The Balaban J connectivity index is -0.00000000500. The van der Waals surface area contributed by atoms with Gasteiger partial charge in [0, 0.05) is 0 Å². The van der Waals surface area contributed by atoms with Crippen LogP contribution in [0.3, 0.4) is 0 Å². The van der Waals surface area contributed by atoms with Crippen LogP contribution in [0, 0.1) is 0 Å². The second-order valence-electron chi connectivity index (χ2n) is 0. The molecule has 0 saturated heterocycles. The van der Waals surface area contributed by atoms with Crippen LogP contribution in [0.1, 0.15) is 0 Å². The van der Waals surface area contributed by atoms with Crippen molar-refractivity contribution in [3.63, 3.8) is 0 Å². The van der Waals surface area contributed by atoms with Gasteiger partial charge in [-0.3, -0.25) is 0 Å². The van der Waals surface area contributed by atoms with Crippen LogP contribution in [0.25, 0.3) is 0 Å². The fourth-order valence-corrected chi connectivity index (χ4v) is 0. The van der Waals surface area contributed by atoms with E-state index in [4.69, 9.17) is 14.4 Å². The van der Waals surface area contributed by atoms with Gasteiger partial charge in [0.15, 0.2) is 0 Å². The fourth-order valence-electron chi connectivity index (χ4n) is 0. The normalized spacial score (nSPS) is 3.38. The summed E-state index contributed by atoms with van der Waals surface area (Å²) in [5.41, 5.74) is 0. The van der Waals surface area contributed by atoms with E-state index < -0.39 is 0 Å². The van der Waals surface area contributed by atoms with Gasteiger partial charge in [-0.25, -0.2) is 0 Å². The molecule has 0 heterocycles. The van der Waals surface area contributed by atoms with Crippen LogP contribution in [0.15, 0.2) is 0 Å². The SMILES string of the molecule is [Na+].[Ni+2].[O-][SiH3].[O-][SiH3].[O-][SiH3]. The van der Waals surface area contributed by atoms with E-state index in [0.29, 0.717) is 0 Å². The standard InChI is InChI=1S/Na.Ni.3H3OSi/c;;3*1-2/h;;3*2H3/q+1;+2;3*-1. The summed E-state index contributed by atoms with van der Waals surface area (Å²) >= 11 is 0. The Morgan fingerprint density at radius 3 is 0.625 bits per heavy atom. The van der Waals surface area contributed by atoms with Crippen molar-refractivity contribution in [2.24, 2.45) is 0 Å². The molecule has 0 saturated carbocycles. The Bertz CT molecular complexity index is 14.5. The van der Waals surface area contributed by atoms with Gasteiger partial charge in [-0.05, 0) is 0 Å². The maximum absolute atomic E-state index is 8.39. The summed E-state index contributed by atoms with van der Waals surface area (Å²) in [6, 6.07) is 0. The first kappa shape index (κ1) is 32.3. The molecule has 3 nitrogen and oxygen atoms in total. The molecule has 0 aliphatic rings. The Hall–Kier alpha value is 2.02. The topological polar surface area (TPSA) is 69.2 Å². The third kappa shape index (κ3) is 96.6. The molecule has 0 N–H and O–H groups in total. The van der Waals surface area contributed by atoms with Crippen molar-refractivity contribution in [3.8, 4) is 0 Å². The molecule has 0 atom stereocenters. The molecule has 0 aromatic rings. The Labute approximate surface area is 91.1 Å².